The van der Waals surface area contributed by atoms with E-state index < -0.39 is 14.8 Å². The van der Waals surface area contributed by atoms with Gasteiger partial charge < -0.3 is 9.73 Å². The molecule has 112 valence electrons. The summed E-state index contributed by atoms with van der Waals surface area (Å²) in [6.07, 6.45) is 0.797. The van der Waals surface area contributed by atoms with Gasteiger partial charge in [-0.2, -0.15) is 4.98 Å². The van der Waals surface area contributed by atoms with E-state index in [-0.39, 0.29) is 33.7 Å². The normalized spacial score (nSPS) is 19.1. The Morgan fingerprint density at radius 1 is 1.48 bits per heavy atom. The van der Waals surface area contributed by atoms with Gasteiger partial charge in [0, 0.05) is 12.1 Å². The van der Waals surface area contributed by atoms with Crippen LogP contribution in [0, 0.1) is 16.0 Å². The lowest BCUT2D eigenvalue weighted by Crippen LogP contribution is -2.19. The number of aromatic nitrogens is 1. The molecule has 1 atom stereocenters. The fourth-order valence-corrected chi connectivity index (χ4v) is 3.88. The largest absolute Gasteiger partial charge is 0.428 e. The molecule has 0 bridgehead atoms. The highest BCUT2D eigenvalue weighted by Gasteiger charge is 2.28. The van der Waals surface area contributed by atoms with Crippen molar-refractivity contribution in [3.8, 4) is 0 Å². The standard InChI is InChI=1S/C12H13N3O5S/c16-15(17)9-1-2-11-10(5-9)14-12(20-11)21(18,19)7-8-3-4-13-6-8/h1-2,5,8,13H,3-4,6-7H2/t8-/m1/s1. The van der Waals surface area contributed by atoms with Crippen LogP contribution in [0.5, 0.6) is 0 Å². The number of hydrogen-bond acceptors (Lipinski definition) is 7. The number of nitrogens with one attached hydrogen (secondary N) is 1. The minimum atomic E-state index is -3.63. The maximum Gasteiger partial charge on any atom is 0.316 e. The van der Waals surface area contributed by atoms with Gasteiger partial charge in [-0.15, -0.1) is 0 Å². The zero-order chi connectivity index (χ0) is 15.0. The zero-order valence-electron chi connectivity index (χ0n) is 11.0. The molecule has 0 amide bonds. The Morgan fingerprint density at radius 2 is 2.29 bits per heavy atom. The fraction of sp³-hybridized carbons (Fsp3) is 0.417. The molecule has 1 N–H and O–H groups in total. The number of oxazole rings is 1. The van der Waals surface area contributed by atoms with Gasteiger partial charge in [-0.1, -0.05) is 0 Å². The predicted molar refractivity (Wildman–Crippen MR) is 73.7 cm³/mol. The van der Waals surface area contributed by atoms with E-state index in [9.17, 15) is 18.5 Å². The summed E-state index contributed by atoms with van der Waals surface area (Å²) < 4.78 is 29.8. The summed E-state index contributed by atoms with van der Waals surface area (Å²) in [6.45, 7) is 1.46. The molecule has 1 aromatic heterocycles. The summed E-state index contributed by atoms with van der Waals surface area (Å²) in [5.41, 5.74) is 0.246. The minimum Gasteiger partial charge on any atom is -0.428 e. The summed E-state index contributed by atoms with van der Waals surface area (Å²) in [7, 11) is -3.63. The van der Waals surface area contributed by atoms with Crippen LogP contribution < -0.4 is 5.32 Å². The van der Waals surface area contributed by atoms with Crippen molar-refractivity contribution in [3.05, 3.63) is 28.3 Å². The van der Waals surface area contributed by atoms with Crippen molar-refractivity contribution in [1.29, 1.82) is 0 Å². The third-order valence-electron chi connectivity index (χ3n) is 3.45. The number of non-ortho nitro benzene ring substituents is 1. The molecule has 2 aromatic rings. The molecule has 1 saturated heterocycles. The molecule has 3 rings (SSSR count). The summed E-state index contributed by atoms with van der Waals surface area (Å²) in [4.78, 5) is 14.0. The van der Waals surface area contributed by atoms with Crippen molar-refractivity contribution in [1.82, 2.24) is 10.3 Å². The number of sulfone groups is 1. The van der Waals surface area contributed by atoms with E-state index in [4.69, 9.17) is 4.42 Å². The number of fused-ring (bicyclic) bond motifs is 1. The molecule has 21 heavy (non-hydrogen) atoms. The smallest absolute Gasteiger partial charge is 0.316 e. The Labute approximate surface area is 120 Å². The SMILES string of the molecule is O=[N+]([O-])c1ccc2oc(S(=O)(=O)C[C@@H]3CCNC3)nc2c1. The van der Waals surface area contributed by atoms with Gasteiger partial charge in [-0.05, 0) is 31.5 Å². The van der Waals surface area contributed by atoms with Gasteiger partial charge in [0.25, 0.3) is 5.69 Å². The molecular weight excluding hydrogens is 298 g/mol. The molecule has 8 nitrogen and oxygen atoms in total. The second kappa shape index (κ2) is 5.08. The van der Waals surface area contributed by atoms with Crippen molar-refractivity contribution in [3.63, 3.8) is 0 Å². The van der Waals surface area contributed by atoms with Crippen LogP contribution in [-0.4, -0.2) is 37.2 Å². The average molecular weight is 311 g/mol. The van der Waals surface area contributed by atoms with E-state index in [0.717, 1.165) is 13.0 Å². The number of benzene rings is 1. The van der Waals surface area contributed by atoms with Crippen molar-refractivity contribution >= 4 is 26.6 Å². The molecule has 1 fully saturated rings. The number of rotatable bonds is 4. The van der Waals surface area contributed by atoms with Crippen molar-refractivity contribution in [2.75, 3.05) is 18.8 Å². The van der Waals surface area contributed by atoms with Gasteiger partial charge >= 0.3 is 5.22 Å². The summed E-state index contributed by atoms with van der Waals surface area (Å²) in [6, 6.07) is 3.82. The van der Waals surface area contributed by atoms with Crippen LogP contribution in [0.1, 0.15) is 6.42 Å². The first-order chi connectivity index (χ1) is 9.95. The number of nitro benzene ring substituents is 1. The monoisotopic (exact) mass is 311 g/mol. The molecule has 0 saturated carbocycles. The van der Waals surface area contributed by atoms with Crippen LogP contribution in [0.4, 0.5) is 5.69 Å². The molecule has 0 radical (unpaired) electrons. The highest BCUT2D eigenvalue weighted by atomic mass is 32.2. The molecule has 0 unspecified atom stereocenters. The highest BCUT2D eigenvalue weighted by molar-refractivity contribution is 7.91. The molecule has 0 aliphatic carbocycles. The molecule has 0 spiro atoms. The molecule has 1 aliphatic heterocycles. The fourth-order valence-electron chi connectivity index (χ4n) is 2.38. The van der Waals surface area contributed by atoms with Gasteiger partial charge in [-0.25, -0.2) is 8.42 Å². The van der Waals surface area contributed by atoms with Crippen LogP contribution in [0.2, 0.25) is 0 Å². The van der Waals surface area contributed by atoms with E-state index in [1.807, 2.05) is 0 Å². The van der Waals surface area contributed by atoms with Crippen LogP contribution in [0.25, 0.3) is 11.1 Å². The summed E-state index contributed by atoms with van der Waals surface area (Å²) in [5.74, 6) is 0.00824. The first-order valence-electron chi connectivity index (χ1n) is 6.44. The Balaban J connectivity index is 1.94. The topological polar surface area (TPSA) is 115 Å². The number of nitrogens with zero attached hydrogens (tertiary/aromatic N) is 2. The lowest BCUT2D eigenvalue weighted by atomic mass is 10.2. The predicted octanol–water partition coefficient (Wildman–Crippen LogP) is 1.12. The molecule has 2 heterocycles. The van der Waals surface area contributed by atoms with E-state index in [1.165, 1.54) is 18.2 Å². The van der Waals surface area contributed by atoms with E-state index in [1.54, 1.807) is 0 Å². The van der Waals surface area contributed by atoms with Gasteiger partial charge in [-0.3, -0.25) is 10.1 Å². The van der Waals surface area contributed by atoms with Crippen molar-refractivity contribution in [2.24, 2.45) is 5.92 Å². The van der Waals surface area contributed by atoms with Crippen LogP contribution in [0.3, 0.4) is 0 Å². The maximum absolute atomic E-state index is 12.3. The average Bonchev–Trinajstić information content (AvgIpc) is 3.05. The molecule has 9 heteroatoms. The lowest BCUT2D eigenvalue weighted by molar-refractivity contribution is -0.384. The lowest BCUT2D eigenvalue weighted by Gasteiger charge is -2.05. The second-order valence-corrected chi connectivity index (χ2v) is 6.94. The van der Waals surface area contributed by atoms with Crippen LogP contribution in [0.15, 0.2) is 27.8 Å². The first-order valence-corrected chi connectivity index (χ1v) is 8.09. The van der Waals surface area contributed by atoms with Gasteiger partial charge in [0.05, 0.1) is 10.7 Å². The third kappa shape index (κ3) is 2.74. The molecular formula is C12H13N3O5S. The molecule has 1 aliphatic rings. The second-order valence-electron chi connectivity index (χ2n) is 5.03. The van der Waals surface area contributed by atoms with Gasteiger partial charge in [0.2, 0.25) is 9.84 Å². The first kappa shape index (κ1) is 14.0. The van der Waals surface area contributed by atoms with E-state index >= 15 is 0 Å². The zero-order valence-corrected chi connectivity index (χ0v) is 11.8. The molecule has 1 aromatic carbocycles. The number of hydrogen-bond donors (Lipinski definition) is 1. The Morgan fingerprint density at radius 3 is 2.95 bits per heavy atom. The van der Waals surface area contributed by atoms with E-state index in [2.05, 4.69) is 10.3 Å². The van der Waals surface area contributed by atoms with E-state index in [0.29, 0.717) is 6.54 Å². The van der Waals surface area contributed by atoms with Gasteiger partial charge in [0.1, 0.15) is 5.52 Å². The summed E-state index contributed by atoms with van der Waals surface area (Å²) >= 11 is 0. The highest BCUT2D eigenvalue weighted by Crippen LogP contribution is 2.25. The Bertz CT molecular complexity index is 792. The quantitative estimate of drug-likeness (QED) is 0.664. The third-order valence-corrected chi connectivity index (χ3v) is 5.06. The van der Waals surface area contributed by atoms with Gasteiger partial charge in [0.15, 0.2) is 5.58 Å². The minimum absolute atomic E-state index is 0.0328. The van der Waals surface area contributed by atoms with Crippen molar-refractivity contribution in [2.45, 2.75) is 11.6 Å². The maximum atomic E-state index is 12.3. The van der Waals surface area contributed by atoms with Crippen LogP contribution >= 0.6 is 0 Å². The van der Waals surface area contributed by atoms with Crippen LogP contribution in [-0.2, 0) is 9.84 Å². The summed E-state index contributed by atoms with van der Waals surface area (Å²) in [5, 5.41) is 13.4. The Kier molecular flexibility index (Phi) is 3.38. The number of nitro groups is 1. The Hall–Kier alpha value is -2.00. The van der Waals surface area contributed by atoms with Crippen molar-refractivity contribution < 1.29 is 17.8 Å².